The molecule has 5 nitrogen and oxygen atoms in total. The number of rotatable bonds is 5. The summed E-state index contributed by atoms with van der Waals surface area (Å²) in [6.45, 7) is 9.36. The summed E-state index contributed by atoms with van der Waals surface area (Å²) in [5, 5.41) is 4.26. The number of ether oxygens (including phenoxy) is 1. The number of morpholine rings is 1. The quantitative estimate of drug-likeness (QED) is 0.654. The van der Waals surface area contributed by atoms with E-state index in [-0.39, 0.29) is 5.91 Å². The number of hydrazone groups is 1. The number of nitrogens with one attached hydrogen (secondary N) is 1. The fourth-order valence-electron chi connectivity index (χ4n) is 3.20. The van der Waals surface area contributed by atoms with E-state index in [9.17, 15) is 4.79 Å². The number of nitrogens with zero attached hydrogens (tertiary/aromatic N) is 2. The van der Waals surface area contributed by atoms with Gasteiger partial charge < -0.3 is 9.64 Å². The maximum atomic E-state index is 12.2. The number of aryl methyl sites for hydroxylation is 2. The lowest BCUT2D eigenvalue weighted by molar-refractivity contribution is -0.120. The molecule has 0 atom stereocenters. The molecule has 3 rings (SSSR count). The van der Waals surface area contributed by atoms with Gasteiger partial charge in [0.25, 0.3) is 0 Å². The van der Waals surface area contributed by atoms with Crippen LogP contribution < -0.4 is 10.3 Å². The van der Waals surface area contributed by atoms with Crippen LogP contribution in [-0.4, -0.2) is 37.9 Å². The van der Waals surface area contributed by atoms with E-state index in [1.165, 1.54) is 11.3 Å². The molecule has 0 radical (unpaired) electrons. The molecular formula is C22H27N3O2. The average Bonchev–Trinajstić information content (AvgIpc) is 2.69. The lowest BCUT2D eigenvalue weighted by atomic mass is 10.0. The number of benzene rings is 2. The van der Waals surface area contributed by atoms with E-state index in [0.717, 1.165) is 48.7 Å². The Morgan fingerprint density at radius 1 is 1.11 bits per heavy atom. The SMILES string of the molecule is C/C(=N/NC(=O)Cc1ccc(C)cc1C)c1ccc(N2CCOCC2)cc1. The molecule has 0 spiro atoms. The summed E-state index contributed by atoms with van der Waals surface area (Å²) in [5.41, 5.74) is 9.01. The van der Waals surface area contributed by atoms with Gasteiger partial charge in [0.15, 0.2) is 0 Å². The molecule has 1 aliphatic heterocycles. The zero-order valence-electron chi connectivity index (χ0n) is 16.3. The van der Waals surface area contributed by atoms with E-state index in [2.05, 4.69) is 40.5 Å². The molecule has 1 fully saturated rings. The zero-order valence-corrected chi connectivity index (χ0v) is 16.3. The third-order valence-electron chi connectivity index (χ3n) is 4.86. The first-order valence-electron chi connectivity index (χ1n) is 9.35. The van der Waals surface area contributed by atoms with Crippen molar-refractivity contribution < 1.29 is 9.53 Å². The van der Waals surface area contributed by atoms with Crippen LogP contribution in [0.3, 0.4) is 0 Å². The lowest BCUT2D eigenvalue weighted by Crippen LogP contribution is -2.36. The number of carbonyl (C=O) groups excluding carboxylic acids is 1. The molecule has 142 valence electrons. The summed E-state index contributed by atoms with van der Waals surface area (Å²) >= 11 is 0. The maximum Gasteiger partial charge on any atom is 0.244 e. The fourth-order valence-corrected chi connectivity index (χ4v) is 3.20. The van der Waals surface area contributed by atoms with Crippen molar-refractivity contribution in [2.24, 2.45) is 5.10 Å². The molecule has 5 heteroatoms. The Morgan fingerprint density at radius 3 is 2.48 bits per heavy atom. The average molecular weight is 365 g/mol. The van der Waals surface area contributed by atoms with Crippen molar-refractivity contribution in [3.8, 4) is 0 Å². The number of carbonyl (C=O) groups is 1. The first kappa shape index (κ1) is 19.1. The number of amides is 1. The molecule has 0 bridgehead atoms. The summed E-state index contributed by atoms with van der Waals surface area (Å²) in [7, 11) is 0. The molecule has 2 aromatic carbocycles. The second-order valence-electron chi connectivity index (χ2n) is 6.99. The van der Waals surface area contributed by atoms with Crippen molar-refractivity contribution in [3.05, 3.63) is 64.7 Å². The minimum absolute atomic E-state index is 0.105. The van der Waals surface area contributed by atoms with Crippen LogP contribution in [0.2, 0.25) is 0 Å². The highest BCUT2D eigenvalue weighted by Crippen LogP contribution is 2.17. The number of anilines is 1. The summed E-state index contributed by atoms with van der Waals surface area (Å²) in [5.74, 6) is -0.105. The van der Waals surface area contributed by atoms with Gasteiger partial charge in [0.1, 0.15) is 0 Å². The van der Waals surface area contributed by atoms with Gasteiger partial charge in [-0.15, -0.1) is 0 Å². The van der Waals surface area contributed by atoms with E-state index < -0.39 is 0 Å². The third-order valence-corrected chi connectivity index (χ3v) is 4.86. The highest BCUT2D eigenvalue weighted by atomic mass is 16.5. The van der Waals surface area contributed by atoms with Crippen LogP contribution in [0.5, 0.6) is 0 Å². The molecule has 1 N–H and O–H groups in total. The molecule has 0 unspecified atom stereocenters. The van der Waals surface area contributed by atoms with Crippen LogP contribution in [0.4, 0.5) is 5.69 Å². The highest BCUT2D eigenvalue weighted by Gasteiger charge is 2.11. The first-order chi connectivity index (χ1) is 13.0. The van der Waals surface area contributed by atoms with E-state index in [1.807, 2.05) is 38.1 Å². The molecule has 2 aromatic rings. The van der Waals surface area contributed by atoms with Crippen molar-refractivity contribution in [2.45, 2.75) is 27.2 Å². The monoisotopic (exact) mass is 365 g/mol. The van der Waals surface area contributed by atoms with Crippen molar-refractivity contribution in [1.29, 1.82) is 0 Å². The second kappa shape index (κ2) is 8.82. The Bertz CT molecular complexity index is 822. The van der Waals surface area contributed by atoms with Gasteiger partial charge in [-0.1, -0.05) is 35.9 Å². The zero-order chi connectivity index (χ0) is 19.2. The summed E-state index contributed by atoms with van der Waals surface area (Å²) in [6, 6.07) is 14.4. The van der Waals surface area contributed by atoms with Crippen LogP contribution in [0.1, 0.15) is 29.2 Å². The predicted molar refractivity (Wildman–Crippen MR) is 109 cm³/mol. The molecule has 1 heterocycles. The topological polar surface area (TPSA) is 53.9 Å². The normalized spacial score (nSPS) is 14.9. The van der Waals surface area contributed by atoms with Crippen molar-refractivity contribution in [3.63, 3.8) is 0 Å². The summed E-state index contributed by atoms with van der Waals surface area (Å²) in [4.78, 5) is 14.5. The van der Waals surface area contributed by atoms with Gasteiger partial charge in [0.05, 0.1) is 25.3 Å². The lowest BCUT2D eigenvalue weighted by Gasteiger charge is -2.28. The van der Waals surface area contributed by atoms with E-state index in [1.54, 1.807) is 0 Å². The van der Waals surface area contributed by atoms with Gasteiger partial charge in [-0.2, -0.15) is 5.10 Å². The molecule has 1 aliphatic rings. The van der Waals surface area contributed by atoms with E-state index >= 15 is 0 Å². The highest BCUT2D eigenvalue weighted by molar-refractivity contribution is 5.99. The minimum Gasteiger partial charge on any atom is -0.378 e. The molecule has 0 saturated carbocycles. The number of hydrogen-bond acceptors (Lipinski definition) is 4. The molecule has 0 aliphatic carbocycles. The number of hydrogen-bond donors (Lipinski definition) is 1. The van der Waals surface area contributed by atoms with Gasteiger partial charge >= 0.3 is 0 Å². The molecule has 1 saturated heterocycles. The fraction of sp³-hybridized carbons (Fsp3) is 0.364. The summed E-state index contributed by atoms with van der Waals surface area (Å²) < 4.78 is 5.39. The Kier molecular flexibility index (Phi) is 6.24. The standard InChI is InChI=1S/C22H27N3O2/c1-16-4-5-20(17(2)14-16)15-22(26)24-23-18(3)19-6-8-21(9-7-19)25-10-12-27-13-11-25/h4-9,14H,10-13,15H2,1-3H3,(H,24,26)/b23-18-. The van der Waals surface area contributed by atoms with Gasteiger partial charge in [0, 0.05) is 18.8 Å². The first-order valence-corrected chi connectivity index (χ1v) is 9.35. The molecule has 27 heavy (non-hydrogen) atoms. The molecular weight excluding hydrogens is 338 g/mol. The Morgan fingerprint density at radius 2 is 1.81 bits per heavy atom. The van der Waals surface area contributed by atoms with E-state index in [4.69, 9.17) is 4.74 Å². The smallest absolute Gasteiger partial charge is 0.244 e. The van der Waals surface area contributed by atoms with Crippen LogP contribution in [0.25, 0.3) is 0 Å². The van der Waals surface area contributed by atoms with Crippen molar-refractivity contribution in [1.82, 2.24) is 5.43 Å². The minimum atomic E-state index is -0.105. The van der Waals surface area contributed by atoms with E-state index in [0.29, 0.717) is 6.42 Å². The molecule has 0 aromatic heterocycles. The van der Waals surface area contributed by atoms with Gasteiger partial charge in [-0.05, 0) is 49.6 Å². The van der Waals surface area contributed by atoms with Crippen LogP contribution in [0.15, 0.2) is 47.6 Å². The van der Waals surface area contributed by atoms with Crippen LogP contribution in [-0.2, 0) is 16.0 Å². The maximum absolute atomic E-state index is 12.2. The Labute approximate surface area is 161 Å². The third kappa shape index (κ3) is 5.17. The van der Waals surface area contributed by atoms with Gasteiger partial charge in [-0.25, -0.2) is 5.43 Å². The Hall–Kier alpha value is -2.66. The predicted octanol–water partition coefficient (Wildman–Crippen LogP) is 3.22. The van der Waals surface area contributed by atoms with Crippen LogP contribution >= 0.6 is 0 Å². The van der Waals surface area contributed by atoms with Crippen molar-refractivity contribution in [2.75, 3.05) is 31.2 Å². The second-order valence-corrected chi connectivity index (χ2v) is 6.99. The van der Waals surface area contributed by atoms with Gasteiger partial charge in [0.2, 0.25) is 5.91 Å². The van der Waals surface area contributed by atoms with Crippen molar-refractivity contribution >= 4 is 17.3 Å². The largest absolute Gasteiger partial charge is 0.378 e. The Balaban J connectivity index is 1.58. The van der Waals surface area contributed by atoms with Gasteiger partial charge in [-0.3, -0.25) is 4.79 Å². The molecule has 1 amide bonds. The summed E-state index contributed by atoms with van der Waals surface area (Å²) in [6.07, 6.45) is 0.332. The van der Waals surface area contributed by atoms with Crippen LogP contribution in [0, 0.1) is 13.8 Å².